The predicted octanol–water partition coefficient (Wildman–Crippen LogP) is 2.42. The minimum absolute atomic E-state index is 0.0143. The van der Waals surface area contributed by atoms with E-state index in [1.165, 1.54) is 18.6 Å². The van der Waals surface area contributed by atoms with Crippen LogP contribution in [0.25, 0.3) is 0 Å². The normalized spacial score (nSPS) is 15.3. The molecular weight excluding hydrogens is 254 g/mol. The van der Waals surface area contributed by atoms with Crippen LogP contribution in [0.15, 0.2) is 12.2 Å². The number of allylic oxidation sites excluding steroid dienone is 2. The largest absolute Gasteiger partial charge is 0.356 e. The van der Waals surface area contributed by atoms with Gasteiger partial charge in [-0.3, -0.25) is 14.4 Å². The molecule has 1 amide bonds. The van der Waals surface area contributed by atoms with Crippen LogP contribution in [0.3, 0.4) is 0 Å². The molecule has 0 bridgehead atoms. The summed E-state index contributed by atoms with van der Waals surface area (Å²) in [6.07, 6.45) is 7.45. The van der Waals surface area contributed by atoms with Crippen molar-refractivity contribution in [2.24, 2.45) is 11.8 Å². The molecule has 0 saturated carbocycles. The molecule has 1 N–H and O–H groups in total. The fourth-order valence-electron chi connectivity index (χ4n) is 2.28. The lowest BCUT2D eigenvalue weighted by Gasteiger charge is -2.08. The lowest BCUT2D eigenvalue weighted by Crippen LogP contribution is -2.24. The van der Waals surface area contributed by atoms with Crippen molar-refractivity contribution in [3.05, 3.63) is 12.2 Å². The number of rotatable bonds is 9. The second kappa shape index (κ2) is 8.67. The molecule has 0 aromatic rings. The van der Waals surface area contributed by atoms with Gasteiger partial charge in [-0.15, -0.1) is 0 Å². The Labute approximate surface area is 121 Å². The quantitative estimate of drug-likeness (QED) is 0.521. The van der Waals surface area contributed by atoms with Crippen molar-refractivity contribution >= 4 is 17.5 Å². The van der Waals surface area contributed by atoms with Crippen LogP contribution in [0.1, 0.15) is 52.4 Å². The molecule has 4 nitrogen and oxygen atoms in total. The van der Waals surface area contributed by atoms with E-state index in [-0.39, 0.29) is 17.5 Å². The van der Waals surface area contributed by atoms with Crippen molar-refractivity contribution in [2.75, 3.05) is 6.54 Å². The zero-order chi connectivity index (χ0) is 15.0. The third kappa shape index (κ3) is 6.13. The van der Waals surface area contributed by atoms with Gasteiger partial charge in [0.2, 0.25) is 5.91 Å². The molecule has 0 aromatic heterocycles. The second-order valence-corrected chi connectivity index (χ2v) is 5.82. The van der Waals surface area contributed by atoms with E-state index in [1.807, 2.05) is 0 Å². The molecule has 0 fully saturated rings. The average Bonchev–Trinajstić information content (AvgIpc) is 2.69. The van der Waals surface area contributed by atoms with E-state index in [1.54, 1.807) is 0 Å². The Morgan fingerprint density at radius 1 is 1.15 bits per heavy atom. The highest BCUT2D eigenvalue weighted by Crippen LogP contribution is 2.17. The molecule has 1 rings (SSSR count). The minimum atomic E-state index is -0.533. The van der Waals surface area contributed by atoms with E-state index in [0.29, 0.717) is 31.7 Å². The molecule has 112 valence electrons. The third-order valence-corrected chi connectivity index (χ3v) is 3.53. The van der Waals surface area contributed by atoms with Gasteiger partial charge in [-0.25, -0.2) is 0 Å². The predicted molar refractivity (Wildman–Crippen MR) is 78.2 cm³/mol. The number of amides is 1. The van der Waals surface area contributed by atoms with Gasteiger partial charge in [0.1, 0.15) is 0 Å². The van der Waals surface area contributed by atoms with E-state index < -0.39 is 5.92 Å². The van der Waals surface area contributed by atoms with Gasteiger partial charge in [-0.05, 0) is 37.3 Å². The first-order valence-corrected chi connectivity index (χ1v) is 7.53. The molecule has 0 spiro atoms. The standard InChI is InChI=1S/C16H25NO3/c1-12(2)6-3-4-11-17-16(20)8-5-7-13-14(18)9-10-15(13)19/h9-10,12-13H,3-8,11H2,1-2H3,(H,17,20). The number of carbonyl (C=O) groups excluding carboxylic acids is 3. The van der Waals surface area contributed by atoms with E-state index in [4.69, 9.17) is 0 Å². The minimum Gasteiger partial charge on any atom is -0.356 e. The van der Waals surface area contributed by atoms with Gasteiger partial charge in [0.05, 0.1) is 5.92 Å². The highest BCUT2D eigenvalue weighted by molar-refractivity contribution is 6.18. The molecule has 0 radical (unpaired) electrons. The lowest BCUT2D eigenvalue weighted by molar-refractivity contribution is -0.127. The van der Waals surface area contributed by atoms with Gasteiger partial charge < -0.3 is 5.32 Å². The van der Waals surface area contributed by atoms with Crippen LogP contribution in [-0.2, 0) is 14.4 Å². The number of hydrogen-bond acceptors (Lipinski definition) is 3. The first-order valence-electron chi connectivity index (χ1n) is 7.53. The molecule has 1 aliphatic rings. The van der Waals surface area contributed by atoms with E-state index in [9.17, 15) is 14.4 Å². The summed E-state index contributed by atoms with van der Waals surface area (Å²) < 4.78 is 0. The number of nitrogens with one attached hydrogen (secondary N) is 1. The fraction of sp³-hybridized carbons (Fsp3) is 0.688. The summed E-state index contributed by atoms with van der Waals surface area (Å²) in [6.45, 7) is 5.10. The van der Waals surface area contributed by atoms with Gasteiger partial charge in [0, 0.05) is 13.0 Å². The van der Waals surface area contributed by atoms with Gasteiger partial charge >= 0.3 is 0 Å². The Balaban J connectivity index is 2.03. The maximum Gasteiger partial charge on any atom is 0.219 e. The molecule has 1 aliphatic carbocycles. The van der Waals surface area contributed by atoms with Crippen molar-refractivity contribution in [1.82, 2.24) is 5.32 Å². The second-order valence-electron chi connectivity index (χ2n) is 5.82. The van der Waals surface area contributed by atoms with Crippen LogP contribution in [0, 0.1) is 11.8 Å². The maximum absolute atomic E-state index is 11.6. The average molecular weight is 279 g/mol. The molecular formula is C16H25NO3. The van der Waals surface area contributed by atoms with Crippen LogP contribution in [-0.4, -0.2) is 24.0 Å². The lowest BCUT2D eigenvalue weighted by atomic mass is 9.98. The number of unbranched alkanes of at least 4 members (excludes halogenated alkanes) is 1. The summed E-state index contributed by atoms with van der Waals surface area (Å²) in [7, 11) is 0. The molecule has 0 saturated heterocycles. The van der Waals surface area contributed by atoms with Gasteiger partial charge in [0.25, 0.3) is 0 Å². The highest BCUT2D eigenvalue weighted by Gasteiger charge is 2.27. The SMILES string of the molecule is CC(C)CCCCNC(=O)CCCC1C(=O)C=CC1=O. The molecule has 0 aliphatic heterocycles. The zero-order valence-electron chi connectivity index (χ0n) is 12.5. The van der Waals surface area contributed by atoms with Crippen molar-refractivity contribution < 1.29 is 14.4 Å². The van der Waals surface area contributed by atoms with E-state index >= 15 is 0 Å². The Kier molecular flexibility index (Phi) is 7.20. The summed E-state index contributed by atoms with van der Waals surface area (Å²) in [4.78, 5) is 34.3. The molecule has 0 unspecified atom stereocenters. The summed E-state index contributed by atoms with van der Waals surface area (Å²) in [6, 6.07) is 0. The summed E-state index contributed by atoms with van der Waals surface area (Å²) in [5.41, 5.74) is 0. The first kappa shape index (κ1) is 16.6. The van der Waals surface area contributed by atoms with Crippen LogP contribution in [0.5, 0.6) is 0 Å². The van der Waals surface area contributed by atoms with E-state index in [2.05, 4.69) is 19.2 Å². The number of carbonyl (C=O) groups is 3. The van der Waals surface area contributed by atoms with Gasteiger partial charge in [0.15, 0.2) is 11.6 Å². The fourth-order valence-corrected chi connectivity index (χ4v) is 2.28. The number of ketones is 2. The topological polar surface area (TPSA) is 63.2 Å². The molecule has 0 heterocycles. The Morgan fingerprint density at radius 2 is 1.80 bits per heavy atom. The monoisotopic (exact) mass is 279 g/mol. The van der Waals surface area contributed by atoms with Crippen LogP contribution in [0.2, 0.25) is 0 Å². The third-order valence-electron chi connectivity index (χ3n) is 3.53. The van der Waals surface area contributed by atoms with E-state index in [0.717, 1.165) is 12.8 Å². The van der Waals surface area contributed by atoms with Crippen LogP contribution >= 0.6 is 0 Å². The van der Waals surface area contributed by atoms with Gasteiger partial charge in [-0.2, -0.15) is 0 Å². The Morgan fingerprint density at radius 3 is 2.40 bits per heavy atom. The molecule has 4 heteroatoms. The zero-order valence-corrected chi connectivity index (χ0v) is 12.5. The van der Waals surface area contributed by atoms with Crippen molar-refractivity contribution in [2.45, 2.75) is 52.4 Å². The summed E-state index contributed by atoms with van der Waals surface area (Å²) in [5, 5.41) is 2.88. The number of hydrogen-bond donors (Lipinski definition) is 1. The van der Waals surface area contributed by atoms with Gasteiger partial charge in [-0.1, -0.05) is 26.7 Å². The first-order chi connectivity index (χ1) is 9.50. The maximum atomic E-state index is 11.6. The molecule has 0 aromatic carbocycles. The Bertz CT molecular complexity index is 367. The van der Waals surface area contributed by atoms with Crippen LogP contribution < -0.4 is 5.32 Å². The molecule has 0 atom stereocenters. The smallest absolute Gasteiger partial charge is 0.219 e. The Hall–Kier alpha value is -1.45. The summed E-state index contributed by atoms with van der Waals surface area (Å²) in [5.74, 6) is -0.0526. The molecule has 20 heavy (non-hydrogen) atoms. The highest BCUT2D eigenvalue weighted by atomic mass is 16.2. The van der Waals surface area contributed by atoms with Crippen molar-refractivity contribution in [1.29, 1.82) is 0 Å². The summed E-state index contributed by atoms with van der Waals surface area (Å²) >= 11 is 0. The van der Waals surface area contributed by atoms with Crippen molar-refractivity contribution in [3.63, 3.8) is 0 Å². The van der Waals surface area contributed by atoms with Crippen molar-refractivity contribution in [3.8, 4) is 0 Å². The van der Waals surface area contributed by atoms with Crippen LogP contribution in [0.4, 0.5) is 0 Å².